The Morgan fingerprint density at radius 1 is 1.25 bits per heavy atom. The lowest BCUT2D eigenvalue weighted by atomic mass is 10.2. The van der Waals surface area contributed by atoms with Crippen molar-refractivity contribution in [3.63, 3.8) is 0 Å². The van der Waals surface area contributed by atoms with E-state index in [4.69, 9.17) is 0 Å². The zero-order chi connectivity index (χ0) is 8.65. The number of rotatable bonds is 0. The Hall–Kier alpha value is -1.03. The van der Waals surface area contributed by atoms with E-state index in [9.17, 15) is 4.79 Å². The minimum atomic E-state index is -0.269. The predicted octanol–water partition coefficient (Wildman–Crippen LogP) is 1.25. The van der Waals surface area contributed by atoms with Crippen LogP contribution < -0.4 is 5.32 Å². The Balaban J connectivity index is 0.000000120. The van der Waals surface area contributed by atoms with E-state index in [0.29, 0.717) is 0 Å². The first-order valence-electron chi connectivity index (χ1n) is 4.22. The summed E-state index contributed by atoms with van der Waals surface area (Å²) in [5.41, 5.74) is 0. The second-order valence-corrected chi connectivity index (χ2v) is 2.68. The lowest BCUT2D eigenvalue weighted by Gasteiger charge is -2.08. The minimum absolute atomic E-state index is 0.269. The second kappa shape index (κ2) is 5.60. The van der Waals surface area contributed by atoms with Crippen molar-refractivity contribution in [3.8, 4) is 0 Å². The third kappa shape index (κ3) is 3.98. The molecule has 0 spiro atoms. The molecule has 1 saturated heterocycles. The fourth-order valence-electron chi connectivity index (χ4n) is 1.02. The molecular formula is C8H13N3O. The Morgan fingerprint density at radius 3 is 2.17 bits per heavy atom. The van der Waals surface area contributed by atoms with Crippen LogP contribution in [0.3, 0.4) is 0 Å². The molecule has 1 N–H and O–H groups in total. The molecule has 0 aromatic carbocycles. The standard InChI is InChI=1S/C5H11N.C3H2N2O/c1-2-4-6-5-3-1;6-3-1-2-4-5-3/h6H,1-5H2;1-2H. The number of hydrogen-bond donors (Lipinski definition) is 1. The number of carbonyl (C=O) groups is 1. The van der Waals surface area contributed by atoms with Crippen LogP contribution in [-0.2, 0) is 4.79 Å². The highest BCUT2D eigenvalue weighted by Crippen LogP contribution is 1.96. The van der Waals surface area contributed by atoms with Crippen molar-refractivity contribution >= 4 is 5.91 Å². The van der Waals surface area contributed by atoms with Gasteiger partial charge in [0.2, 0.25) is 0 Å². The number of amides is 1. The van der Waals surface area contributed by atoms with Gasteiger partial charge in [0, 0.05) is 6.08 Å². The van der Waals surface area contributed by atoms with Gasteiger partial charge in [-0.15, -0.1) is 5.11 Å². The van der Waals surface area contributed by atoms with Gasteiger partial charge in [0.25, 0.3) is 5.91 Å². The molecule has 2 heterocycles. The molecule has 2 aliphatic heterocycles. The zero-order valence-electron chi connectivity index (χ0n) is 6.99. The molecule has 0 aromatic heterocycles. The summed E-state index contributed by atoms with van der Waals surface area (Å²) in [7, 11) is 0. The number of piperidine rings is 1. The zero-order valence-corrected chi connectivity index (χ0v) is 6.99. The summed E-state index contributed by atoms with van der Waals surface area (Å²) in [5, 5.41) is 9.66. The maximum Gasteiger partial charge on any atom is 0.289 e. The van der Waals surface area contributed by atoms with E-state index in [1.165, 1.54) is 44.6 Å². The van der Waals surface area contributed by atoms with Gasteiger partial charge in [-0.2, -0.15) is 5.11 Å². The van der Waals surface area contributed by atoms with Gasteiger partial charge in [-0.25, -0.2) is 0 Å². The van der Waals surface area contributed by atoms with E-state index in [1.807, 2.05) is 0 Å². The Bertz CT molecular complexity index is 169. The summed E-state index contributed by atoms with van der Waals surface area (Å²) in [6.45, 7) is 2.50. The van der Waals surface area contributed by atoms with Crippen LogP contribution in [0, 0.1) is 0 Å². The fourth-order valence-corrected chi connectivity index (χ4v) is 1.02. The fraction of sp³-hybridized carbons (Fsp3) is 0.625. The summed E-state index contributed by atoms with van der Waals surface area (Å²) < 4.78 is 0. The van der Waals surface area contributed by atoms with Crippen LogP contribution in [0.25, 0.3) is 0 Å². The molecule has 0 radical (unpaired) electrons. The van der Waals surface area contributed by atoms with Crippen molar-refractivity contribution in [1.29, 1.82) is 0 Å². The molecule has 2 rings (SSSR count). The first kappa shape index (κ1) is 9.06. The molecule has 1 amide bonds. The molecule has 0 bridgehead atoms. The minimum Gasteiger partial charge on any atom is -0.317 e. The van der Waals surface area contributed by atoms with E-state index in [2.05, 4.69) is 15.5 Å². The number of azo groups is 1. The summed E-state index contributed by atoms with van der Waals surface area (Å²) in [5.74, 6) is -0.269. The molecule has 0 saturated carbocycles. The Kier molecular flexibility index (Phi) is 4.23. The Morgan fingerprint density at radius 2 is 2.00 bits per heavy atom. The van der Waals surface area contributed by atoms with E-state index in [1.54, 1.807) is 0 Å². The van der Waals surface area contributed by atoms with Crippen molar-refractivity contribution < 1.29 is 4.79 Å². The molecule has 0 aromatic rings. The van der Waals surface area contributed by atoms with Gasteiger partial charge in [0.15, 0.2) is 0 Å². The monoisotopic (exact) mass is 167 g/mol. The normalized spacial score (nSPS) is 20.5. The quantitative estimate of drug-likeness (QED) is 0.590. The number of nitrogens with one attached hydrogen (secondary N) is 1. The highest BCUT2D eigenvalue weighted by Gasteiger charge is 1.93. The first-order chi connectivity index (χ1) is 5.89. The van der Waals surface area contributed by atoms with Gasteiger partial charge < -0.3 is 5.32 Å². The van der Waals surface area contributed by atoms with Gasteiger partial charge in [0.1, 0.15) is 0 Å². The molecule has 4 nitrogen and oxygen atoms in total. The lowest BCUT2D eigenvalue weighted by Crippen LogP contribution is -2.21. The highest BCUT2D eigenvalue weighted by molar-refractivity contribution is 5.89. The molecule has 1 fully saturated rings. The van der Waals surface area contributed by atoms with Crippen LogP contribution in [0.5, 0.6) is 0 Å². The highest BCUT2D eigenvalue weighted by atomic mass is 16.1. The maximum absolute atomic E-state index is 9.90. The largest absolute Gasteiger partial charge is 0.317 e. The van der Waals surface area contributed by atoms with E-state index >= 15 is 0 Å². The average Bonchev–Trinajstić information content (AvgIpc) is 2.60. The second-order valence-electron chi connectivity index (χ2n) is 2.68. The van der Waals surface area contributed by atoms with Crippen LogP contribution in [0.15, 0.2) is 22.5 Å². The molecule has 12 heavy (non-hydrogen) atoms. The summed E-state index contributed by atoms with van der Waals surface area (Å²) in [6.07, 6.45) is 6.88. The van der Waals surface area contributed by atoms with Crippen LogP contribution in [0.1, 0.15) is 19.3 Å². The van der Waals surface area contributed by atoms with Crippen LogP contribution >= 0.6 is 0 Å². The van der Waals surface area contributed by atoms with Crippen LogP contribution in [-0.4, -0.2) is 19.0 Å². The van der Waals surface area contributed by atoms with Gasteiger partial charge in [-0.05, 0) is 25.9 Å². The van der Waals surface area contributed by atoms with Crippen molar-refractivity contribution in [1.82, 2.24) is 5.32 Å². The first-order valence-corrected chi connectivity index (χ1v) is 4.22. The predicted molar refractivity (Wildman–Crippen MR) is 45.7 cm³/mol. The molecule has 4 heteroatoms. The summed E-state index contributed by atoms with van der Waals surface area (Å²) >= 11 is 0. The van der Waals surface area contributed by atoms with E-state index in [-0.39, 0.29) is 5.91 Å². The third-order valence-electron chi connectivity index (χ3n) is 1.65. The van der Waals surface area contributed by atoms with Crippen molar-refractivity contribution in [2.45, 2.75) is 19.3 Å². The molecule has 0 unspecified atom stereocenters. The molecular weight excluding hydrogens is 154 g/mol. The molecule has 0 aliphatic carbocycles. The lowest BCUT2D eigenvalue weighted by molar-refractivity contribution is -0.113. The van der Waals surface area contributed by atoms with Crippen molar-refractivity contribution in [3.05, 3.63) is 12.3 Å². The van der Waals surface area contributed by atoms with Gasteiger partial charge in [-0.1, -0.05) is 6.42 Å². The summed E-state index contributed by atoms with van der Waals surface area (Å²) in [6, 6.07) is 0. The molecule has 2 aliphatic rings. The third-order valence-corrected chi connectivity index (χ3v) is 1.65. The van der Waals surface area contributed by atoms with Gasteiger partial charge in [-0.3, -0.25) is 4.79 Å². The van der Waals surface area contributed by atoms with Crippen molar-refractivity contribution in [2.75, 3.05) is 13.1 Å². The van der Waals surface area contributed by atoms with E-state index in [0.717, 1.165) is 0 Å². The van der Waals surface area contributed by atoms with Crippen molar-refractivity contribution in [2.24, 2.45) is 10.2 Å². The van der Waals surface area contributed by atoms with Crippen LogP contribution in [0.2, 0.25) is 0 Å². The Labute approximate surface area is 71.8 Å². The molecule has 66 valence electrons. The van der Waals surface area contributed by atoms with Gasteiger partial charge >= 0.3 is 0 Å². The maximum atomic E-state index is 9.90. The molecule has 0 atom stereocenters. The van der Waals surface area contributed by atoms with E-state index < -0.39 is 0 Å². The SMILES string of the molecule is C1CCNCC1.O=C1C=CN=N1. The number of carbonyl (C=O) groups excluding carboxylic acids is 1. The van der Waals surface area contributed by atoms with Gasteiger partial charge in [0.05, 0.1) is 6.20 Å². The number of nitrogens with zero attached hydrogens (tertiary/aromatic N) is 2. The average molecular weight is 167 g/mol. The number of hydrogen-bond acceptors (Lipinski definition) is 3. The smallest absolute Gasteiger partial charge is 0.289 e. The van der Waals surface area contributed by atoms with Crippen LogP contribution in [0.4, 0.5) is 0 Å². The summed E-state index contributed by atoms with van der Waals surface area (Å²) in [4.78, 5) is 9.90. The topological polar surface area (TPSA) is 53.8 Å².